The van der Waals surface area contributed by atoms with Gasteiger partial charge in [-0.1, -0.05) is 55.4 Å². The van der Waals surface area contributed by atoms with Crippen LogP contribution in [0.15, 0.2) is 35.2 Å². The van der Waals surface area contributed by atoms with E-state index in [1.54, 1.807) is 13.8 Å². The summed E-state index contributed by atoms with van der Waals surface area (Å²) in [6.07, 6.45) is -0.290. The number of hydrogen-bond acceptors (Lipinski definition) is 3. The Morgan fingerprint density at radius 3 is 2.37 bits per heavy atom. The normalized spacial score (nSPS) is 30.0. The predicted molar refractivity (Wildman–Crippen MR) is 79.7 cm³/mol. The molecule has 104 valence electrons. The maximum Gasteiger partial charge on any atom is 0.198 e. The summed E-state index contributed by atoms with van der Waals surface area (Å²) in [5.74, 6) is 0.133. The van der Waals surface area contributed by atoms with Crippen LogP contribution in [0, 0.1) is 5.92 Å². The van der Waals surface area contributed by atoms with Crippen LogP contribution in [0.4, 0.5) is 0 Å². The maximum absolute atomic E-state index is 12.6. The molecule has 0 aromatic heterocycles. The van der Waals surface area contributed by atoms with Gasteiger partial charge in [-0.3, -0.25) is 4.79 Å². The molecule has 2 nitrogen and oxygen atoms in total. The summed E-state index contributed by atoms with van der Waals surface area (Å²) in [5.41, 5.74) is -0.821. The van der Waals surface area contributed by atoms with Crippen molar-refractivity contribution in [3.05, 3.63) is 30.3 Å². The van der Waals surface area contributed by atoms with Crippen LogP contribution in [0.1, 0.15) is 27.7 Å². The molecule has 1 fully saturated rings. The van der Waals surface area contributed by atoms with E-state index >= 15 is 0 Å². The minimum atomic E-state index is -1.04. The Labute approximate surface area is 123 Å². The quantitative estimate of drug-likeness (QED) is 0.785. The number of carbonyl (C=O) groups is 1. The number of hydrogen-bond donors (Lipinski definition) is 0. The van der Waals surface area contributed by atoms with Gasteiger partial charge < -0.3 is 4.74 Å². The molecule has 1 heterocycles. The third kappa shape index (κ3) is 2.69. The lowest BCUT2D eigenvalue weighted by atomic mass is 9.98. The van der Waals surface area contributed by atoms with Gasteiger partial charge in [0.25, 0.3) is 0 Å². The van der Waals surface area contributed by atoms with Crippen molar-refractivity contribution in [3.63, 3.8) is 0 Å². The van der Waals surface area contributed by atoms with Crippen LogP contribution in [0.25, 0.3) is 0 Å². The Bertz CT molecular complexity index is 472. The number of rotatable bonds is 3. The fourth-order valence-corrected chi connectivity index (χ4v) is 4.52. The monoisotopic (exact) mass is 298 g/mol. The fraction of sp³-hybridized carbons (Fsp3) is 0.533. The highest BCUT2D eigenvalue weighted by Crippen LogP contribution is 2.51. The Kier molecular flexibility index (Phi) is 4.01. The number of alkyl halides is 1. The van der Waals surface area contributed by atoms with Gasteiger partial charge >= 0.3 is 0 Å². The van der Waals surface area contributed by atoms with Crippen molar-refractivity contribution in [1.82, 2.24) is 0 Å². The van der Waals surface area contributed by atoms with E-state index in [2.05, 4.69) is 0 Å². The van der Waals surface area contributed by atoms with E-state index in [4.69, 9.17) is 16.3 Å². The van der Waals surface area contributed by atoms with Gasteiger partial charge in [0.05, 0.1) is 6.10 Å². The Balaban J connectivity index is 2.35. The van der Waals surface area contributed by atoms with E-state index in [1.807, 2.05) is 44.2 Å². The number of benzene rings is 1. The molecule has 0 N–H and O–H groups in total. The number of carbonyl (C=O) groups excluding carboxylic acids is 1. The molecule has 0 radical (unpaired) electrons. The topological polar surface area (TPSA) is 26.3 Å². The summed E-state index contributed by atoms with van der Waals surface area (Å²) in [7, 11) is 0. The van der Waals surface area contributed by atoms with Crippen LogP contribution in [-0.4, -0.2) is 21.7 Å². The highest BCUT2D eigenvalue weighted by Gasteiger charge is 2.60. The molecule has 4 heteroatoms. The molecule has 2 atom stereocenters. The van der Waals surface area contributed by atoms with E-state index in [9.17, 15) is 4.79 Å². The Morgan fingerprint density at radius 1 is 1.26 bits per heavy atom. The number of thioether (sulfide) groups is 1. The maximum atomic E-state index is 12.6. The summed E-state index contributed by atoms with van der Waals surface area (Å²) in [6, 6.07) is 9.76. The van der Waals surface area contributed by atoms with Crippen molar-refractivity contribution in [1.29, 1.82) is 0 Å². The molecule has 1 aromatic carbocycles. The Morgan fingerprint density at radius 2 is 1.84 bits per heavy atom. The number of ketones is 1. The van der Waals surface area contributed by atoms with Crippen molar-refractivity contribution >= 4 is 29.1 Å². The third-order valence-electron chi connectivity index (χ3n) is 3.26. The zero-order valence-electron chi connectivity index (χ0n) is 11.6. The van der Waals surface area contributed by atoms with Gasteiger partial charge in [-0.15, -0.1) is 0 Å². The molecule has 0 amide bonds. The van der Waals surface area contributed by atoms with Crippen molar-refractivity contribution in [3.8, 4) is 0 Å². The lowest BCUT2D eigenvalue weighted by molar-refractivity contribution is -0.130. The summed E-state index contributed by atoms with van der Waals surface area (Å²) < 4.78 is 4.87. The van der Waals surface area contributed by atoms with Crippen LogP contribution >= 0.6 is 23.4 Å². The molecule has 0 aliphatic carbocycles. The second-order valence-corrected chi connectivity index (χ2v) is 7.82. The van der Waals surface area contributed by atoms with E-state index < -0.39 is 9.81 Å². The van der Waals surface area contributed by atoms with Gasteiger partial charge in [-0.2, -0.15) is 0 Å². The standard InChI is InChI=1S/C15H19ClO2S/c1-10(2)12-15(16,13(17)14(3,4)18-12)19-11-8-6-5-7-9-11/h5-10,12H,1-4H3/t12-,15+/m0/s1. The summed E-state index contributed by atoms with van der Waals surface area (Å²) >= 11 is 8.08. The smallest absolute Gasteiger partial charge is 0.198 e. The van der Waals surface area contributed by atoms with Crippen molar-refractivity contribution in [2.45, 2.75) is 48.5 Å². The number of Topliss-reactive ketones (excluding diaryl/α,β-unsaturated/α-hetero) is 1. The zero-order chi connectivity index (χ0) is 14.3. The molecular formula is C15H19ClO2S. The van der Waals surface area contributed by atoms with Gasteiger partial charge in [0, 0.05) is 4.90 Å². The fourth-order valence-electron chi connectivity index (χ4n) is 2.32. The molecule has 1 aliphatic heterocycles. The third-order valence-corrected chi connectivity index (χ3v) is 5.10. The molecule has 1 aliphatic rings. The molecule has 1 saturated heterocycles. The van der Waals surface area contributed by atoms with Gasteiger partial charge in [-0.25, -0.2) is 0 Å². The first-order chi connectivity index (χ1) is 8.77. The minimum Gasteiger partial charge on any atom is -0.361 e. The van der Waals surface area contributed by atoms with Crippen LogP contribution in [0.5, 0.6) is 0 Å². The Hall–Kier alpha value is -0.510. The largest absolute Gasteiger partial charge is 0.361 e. The second-order valence-electron chi connectivity index (χ2n) is 5.68. The van der Waals surface area contributed by atoms with Gasteiger partial charge in [0.1, 0.15) is 5.60 Å². The van der Waals surface area contributed by atoms with E-state index in [-0.39, 0.29) is 17.8 Å². The highest BCUT2D eigenvalue weighted by molar-refractivity contribution is 8.02. The summed E-state index contributed by atoms with van der Waals surface area (Å²) in [5, 5.41) is 0. The van der Waals surface area contributed by atoms with E-state index in [1.165, 1.54) is 11.8 Å². The van der Waals surface area contributed by atoms with Gasteiger partial charge in [-0.05, 0) is 31.9 Å². The highest BCUT2D eigenvalue weighted by atomic mass is 35.5. The average Bonchev–Trinajstić information content (AvgIpc) is 2.52. The van der Waals surface area contributed by atoms with Crippen LogP contribution in [0.2, 0.25) is 0 Å². The SMILES string of the molecule is CC(C)[C@@H]1OC(C)(C)C(=O)[C@]1(Cl)Sc1ccccc1. The van der Waals surface area contributed by atoms with Crippen molar-refractivity contribution < 1.29 is 9.53 Å². The predicted octanol–water partition coefficient (Wildman–Crippen LogP) is 4.12. The molecule has 0 saturated carbocycles. The van der Waals surface area contributed by atoms with E-state index in [0.29, 0.717) is 0 Å². The molecular weight excluding hydrogens is 280 g/mol. The summed E-state index contributed by atoms with van der Waals surface area (Å²) in [4.78, 5) is 13.6. The number of ether oxygens (including phenoxy) is 1. The molecule has 19 heavy (non-hydrogen) atoms. The van der Waals surface area contributed by atoms with Crippen LogP contribution < -0.4 is 0 Å². The first-order valence-electron chi connectivity index (χ1n) is 6.43. The van der Waals surface area contributed by atoms with Crippen molar-refractivity contribution in [2.75, 3.05) is 0 Å². The minimum absolute atomic E-state index is 0.0470. The molecule has 0 unspecified atom stereocenters. The first-order valence-corrected chi connectivity index (χ1v) is 7.62. The molecule has 0 spiro atoms. The van der Waals surface area contributed by atoms with Crippen LogP contribution in [0.3, 0.4) is 0 Å². The first kappa shape index (κ1) is 14.9. The van der Waals surface area contributed by atoms with E-state index in [0.717, 1.165) is 4.90 Å². The number of halogens is 1. The lowest BCUT2D eigenvalue weighted by Gasteiger charge is -2.27. The molecule has 1 aromatic rings. The zero-order valence-corrected chi connectivity index (χ0v) is 13.2. The lowest BCUT2D eigenvalue weighted by Crippen LogP contribution is -2.40. The van der Waals surface area contributed by atoms with Crippen LogP contribution in [-0.2, 0) is 9.53 Å². The molecule has 0 bridgehead atoms. The summed E-state index contributed by atoms with van der Waals surface area (Å²) in [6.45, 7) is 7.64. The molecule has 2 rings (SSSR count). The van der Waals surface area contributed by atoms with Crippen molar-refractivity contribution in [2.24, 2.45) is 5.92 Å². The van der Waals surface area contributed by atoms with Gasteiger partial charge in [0.15, 0.2) is 9.99 Å². The average molecular weight is 299 g/mol. The second kappa shape index (κ2) is 5.12. The van der Waals surface area contributed by atoms with Gasteiger partial charge in [0.2, 0.25) is 0 Å².